The van der Waals surface area contributed by atoms with E-state index in [4.69, 9.17) is 21.1 Å². The van der Waals surface area contributed by atoms with E-state index in [0.29, 0.717) is 36.8 Å². The number of likely N-dealkylation sites (N-methyl/N-ethyl adjacent to an activating group) is 1. The number of carbonyl (C=O) groups excluding carboxylic acids is 1. The molecule has 0 unspecified atom stereocenters. The van der Waals surface area contributed by atoms with E-state index in [0.717, 1.165) is 13.1 Å². The highest BCUT2D eigenvalue weighted by molar-refractivity contribution is 6.32. The van der Waals surface area contributed by atoms with E-state index in [2.05, 4.69) is 5.32 Å². The van der Waals surface area contributed by atoms with Gasteiger partial charge in [0, 0.05) is 14.2 Å². The third kappa shape index (κ3) is 3.91. The van der Waals surface area contributed by atoms with Crippen LogP contribution in [-0.2, 0) is 9.53 Å². The van der Waals surface area contributed by atoms with Gasteiger partial charge < -0.3 is 19.7 Å². The maximum atomic E-state index is 12.7. The molecule has 1 aliphatic heterocycles. The number of carbonyl (C=O) groups is 1. The third-order valence-corrected chi connectivity index (χ3v) is 4.37. The van der Waals surface area contributed by atoms with Gasteiger partial charge >= 0.3 is 0 Å². The molecule has 1 N–H and O–H groups in total. The fourth-order valence-electron chi connectivity index (χ4n) is 2.64. The van der Waals surface area contributed by atoms with Crippen LogP contribution in [0.4, 0.5) is 0 Å². The lowest BCUT2D eigenvalue weighted by Gasteiger charge is -2.37. The Bertz CT molecular complexity index is 504. The van der Waals surface area contributed by atoms with Gasteiger partial charge in [0.05, 0.1) is 11.6 Å². The maximum Gasteiger partial charge on any atom is 0.254 e. The zero-order valence-electron chi connectivity index (χ0n) is 13.1. The first-order valence-electron chi connectivity index (χ1n) is 7.48. The van der Waals surface area contributed by atoms with Crippen LogP contribution in [0.15, 0.2) is 24.3 Å². The fourth-order valence-corrected chi connectivity index (χ4v) is 2.83. The van der Waals surface area contributed by atoms with Gasteiger partial charge in [0.2, 0.25) is 0 Å². The van der Waals surface area contributed by atoms with Gasteiger partial charge in [-0.1, -0.05) is 23.7 Å². The lowest BCUT2D eigenvalue weighted by Crippen LogP contribution is -2.55. The highest BCUT2D eigenvalue weighted by Gasteiger charge is 2.41. The summed E-state index contributed by atoms with van der Waals surface area (Å²) >= 11 is 6.04. The van der Waals surface area contributed by atoms with Gasteiger partial charge in [-0.2, -0.15) is 0 Å². The molecule has 0 aliphatic carbocycles. The van der Waals surface area contributed by atoms with Crippen molar-refractivity contribution in [3.8, 4) is 5.75 Å². The molecule has 0 aromatic heterocycles. The van der Waals surface area contributed by atoms with Crippen LogP contribution in [0.3, 0.4) is 0 Å². The minimum absolute atomic E-state index is 0.0132. The first-order valence-corrected chi connectivity index (χ1v) is 7.85. The number of methoxy groups -OCH3 is 1. The third-order valence-electron chi connectivity index (χ3n) is 4.06. The van der Waals surface area contributed by atoms with Crippen LogP contribution >= 0.6 is 11.6 Å². The first-order chi connectivity index (χ1) is 10.6. The molecule has 1 fully saturated rings. The van der Waals surface area contributed by atoms with Crippen molar-refractivity contribution in [1.82, 2.24) is 10.2 Å². The van der Waals surface area contributed by atoms with Crippen molar-refractivity contribution in [1.29, 1.82) is 0 Å². The highest BCUT2D eigenvalue weighted by Crippen LogP contribution is 2.25. The summed E-state index contributed by atoms with van der Waals surface area (Å²) in [6.45, 7) is 2.47. The van der Waals surface area contributed by atoms with E-state index in [1.54, 1.807) is 25.1 Å². The van der Waals surface area contributed by atoms with Crippen LogP contribution in [0.1, 0.15) is 12.8 Å². The Labute approximate surface area is 136 Å². The molecule has 1 aromatic rings. The number of nitrogens with zero attached hydrogens (tertiary/aromatic N) is 1. The zero-order chi connectivity index (χ0) is 16.0. The van der Waals surface area contributed by atoms with Crippen LogP contribution in [0.25, 0.3) is 0 Å². The largest absolute Gasteiger partial charge is 0.490 e. The lowest BCUT2D eigenvalue weighted by atomic mass is 9.90. The topological polar surface area (TPSA) is 50.8 Å². The van der Waals surface area contributed by atoms with Gasteiger partial charge in [-0.3, -0.25) is 4.79 Å². The molecule has 5 nitrogen and oxygen atoms in total. The number of rotatable bonds is 6. The molecule has 6 heteroatoms. The normalized spacial score (nSPS) is 17.0. The molecule has 1 aliphatic rings. The maximum absolute atomic E-state index is 12.7. The Morgan fingerprint density at radius 1 is 1.36 bits per heavy atom. The average Bonchev–Trinajstić information content (AvgIpc) is 2.56. The molecule has 0 spiro atoms. The molecule has 0 saturated carbocycles. The van der Waals surface area contributed by atoms with Gasteiger partial charge in [0.15, 0.2) is 0 Å². The van der Waals surface area contributed by atoms with Crippen molar-refractivity contribution in [2.45, 2.75) is 18.4 Å². The van der Waals surface area contributed by atoms with Crippen LogP contribution in [0.2, 0.25) is 5.02 Å². The molecule has 1 aromatic carbocycles. The summed E-state index contributed by atoms with van der Waals surface area (Å²) < 4.78 is 11.2. The van der Waals surface area contributed by atoms with Crippen LogP contribution in [0, 0.1) is 0 Å². The van der Waals surface area contributed by atoms with Gasteiger partial charge in [-0.25, -0.2) is 0 Å². The standard InChI is InChI=1S/C16H23ClN2O3/c1-19(11-12-22-14-6-4-3-5-13(14)17)15(20)16(21-2)7-9-18-10-8-16/h3-6,18H,7-12H2,1-2H3. The Morgan fingerprint density at radius 3 is 2.68 bits per heavy atom. The minimum atomic E-state index is -0.704. The summed E-state index contributed by atoms with van der Waals surface area (Å²) in [5.41, 5.74) is -0.704. The first kappa shape index (κ1) is 17.1. The van der Waals surface area contributed by atoms with E-state index < -0.39 is 5.60 Å². The van der Waals surface area contributed by atoms with Gasteiger partial charge in [-0.15, -0.1) is 0 Å². The molecule has 1 amide bonds. The van der Waals surface area contributed by atoms with Crippen molar-refractivity contribution in [2.24, 2.45) is 0 Å². The molecule has 0 atom stereocenters. The number of halogens is 1. The van der Waals surface area contributed by atoms with E-state index in [1.807, 2.05) is 18.2 Å². The summed E-state index contributed by atoms with van der Waals surface area (Å²) in [4.78, 5) is 14.3. The van der Waals surface area contributed by atoms with E-state index in [9.17, 15) is 4.79 Å². The number of benzene rings is 1. The number of hydrogen-bond acceptors (Lipinski definition) is 4. The monoisotopic (exact) mass is 326 g/mol. The molecule has 0 bridgehead atoms. The second-order valence-corrected chi connectivity index (χ2v) is 5.86. The average molecular weight is 327 g/mol. The van der Waals surface area contributed by atoms with Crippen LogP contribution < -0.4 is 10.1 Å². The van der Waals surface area contributed by atoms with E-state index >= 15 is 0 Å². The molecule has 0 radical (unpaired) electrons. The van der Waals surface area contributed by atoms with Gasteiger partial charge in [0.25, 0.3) is 5.91 Å². The Kier molecular flexibility index (Phi) is 6.06. The van der Waals surface area contributed by atoms with Crippen molar-refractivity contribution in [3.63, 3.8) is 0 Å². The molecule has 2 rings (SSSR count). The van der Waals surface area contributed by atoms with Crippen molar-refractivity contribution >= 4 is 17.5 Å². The number of nitrogens with one attached hydrogen (secondary N) is 1. The number of amides is 1. The fraction of sp³-hybridized carbons (Fsp3) is 0.562. The second kappa shape index (κ2) is 7.81. The minimum Gasteiger partial charge on any atom is -0.490 e. The second-order valence-electron chi connectivity index (χ2n) is 5.45. The number of piperidine rings is 1. The Hall–Kier alpha value is -1.30. The molecular weight excluding hydrogens is 304 g/mol. The summed E-state index contributed by atoms with van der Waals surface area (Å²) in [5.74, 6) is 0.646. The molecule has 122 valence electrons. The Morgan fingerprint density at radius 2 is 2.05 bits per heavy atom. The van der Waals surface area contributed by atoms with Crippen molar-refractivity contribution in [2.75, 3.05) is 40.4 Å². The summed E-state index contributed by atoms with van der Waals surface area (Å²) in [6, 6.07) is 7.31. The number of para-hydroxylation sites is 1. The summed E-state index contributed by atoms with van der Waals surface area (Å²) in [7, 11) is 3.39. The number of hydrogen-bond donors (Lipinski definition) is 1. The molecule has 1 heterocycles. The zero-order valence-corrected chi connectivity index (χ0v) is 13.9. The number of ether oxygens (including phenoxy) is 2. The SMILES string of the molecule is COC1(C(=O)N(C)CCOc2ccccc2Cl)CCNCC1. The van der Waals surface area contributed by atoms with Crippen molar-refractivity contribution < 1.29 is 14.3 Å². The molecule has 1 saturated heterocycles. The Balaban J connectivity index is 1.87. The van der Waals surface area contributed by atoms with E-state index in [-0.39, 0.29) is 5.91 Å². The van der Waals surface area contributed by atoms with Gasteiger partial charge in [0.1, 0.15) is 18.0 Å². The predicted octanol–water partition coefficient (Wildman–Crippen LogP) is 1.95. The molecular formula is C16H23ClN2O3. The summed E-state index contributed by atoms with van der Waals surface area (Å²) in [5, 5.41) is 3.82. The van der Waals surface area contributed by atoms with Crippen LogP contribution in [-0.4, -0.2) is 56.8 Å². The molecule has 22 heavy (non-hydrogen) atoms. The van der Waals surface area contributed by atoms with Crippen LogP contribution in [0.5, 0.6) is 5.75 Å². The van der Waals surface area contributed by atoms with Crippen molar-refractivity contribution in [3.05, 3.63) is 29.3 Å². The summed E-state index contributed by atoms with van der Waals surface area (Å²) in [6.07, 6.45) is 1.39. The van der Waals surface area contributed by atoms with E-state index in [1.165, 1.54) is 0 Å². The predicted molar refractivity (Wildman–Crippen MR) is 86.4 cm³/mol. The smallest absolute Gasteiger partial charge is 0.254 e. The lowest BCUT2D eigenvalue weighted by molar-refractivity contribution is -0.157. The van der Waals surface area contributed by atoms with Gasteiger partial charge in [-0.05, 0) is 38.1 Å². The quantitative estimate of drug-likeness (QED) is 0.868. The highest BCUT2D eigenvalue weighted by atomic mass is 35.5.